The molecule has 0 aromatic heterocycles. The molecule has 1 aromatic rings. The Labute approximate surface area is 177 Å². The minimum Gasteiger partial charge on any atom is -0.449 e. The number of likely N-dealkylation sites (N-methyl/N-ethyl adjacent to an activating group) is 1. The van der Waals surface area contributed by atoms with Crippen molar-refractivity contribution in [1.29, 1.82) is 0 Å². The molecule has 1 fully saturated rings. The van der Waals surface area contributed by atoms with Gasteiger partial charge < -0.3 is 14.5 Å². The third-order valence-electron chi connectivity index (χ3n) is 4.58. The van der Waals surface area contributed by atoms with Crippen LogP contribution in [0.5, 0.6) is 0 Å². The van der Waals surface area contributed by atoms with Gasteiger partial charge in [-0.25, -0.2) is 4.79 Å². The van der Waals surface area contributed by atoms with Crippen molar-refractivity contribution in [3.05, 3.63) is 33.8 Å². The summed E-state index contributed by atoms with van der Waals surface area (Å²) in [5.74, 6) is 0.345. The summed E-state index contributed by atoms with van der Waals surface area (Å²) < 4.78 is 5.31. The van der Waals surface area contributed by atoms with Crippen LogP contribution in [0.4, 0.5) is 4.79 Å². The van der Waals surface area contributed by atoms with Crippen LogP contribution >= 0.6 is 23.2 Å². The number of hydrogen-bond donors (Lipinski definition) is 0. The lowest BCUT2D eigenvalue weighted by atomic mass is 10.2. The van der Waals surface area contributed by atoms with Crippen LogP contribution in [0.1, 0.15) is 25.8 Å². The van der Waals surface area contributed by atoms with Crippen molar-refractivity contribution in [1.82, 2.24) is 14.7 Å². The van der Waals surface area contributed by atoms with Crippen molar-refractivity contribution in [2.45, 2.75) is 26.8 Å². The molecule has 1 aliphatic rings. The first-order valence-electron chi connectivity index (χ1n) is 9.58. The minimum absolute atomic E-state index is 0.0295. The van der Waals surface area contributed by atoms with Gasteiger partial charge in [0.1, 0.15) is 0 Å². The fraction of sp³-hybridized carbons (Fsp3) is 0.600. The topological polar surface area (TPSA) is 53.1 Å². The Hall–Kier alpha value is -1.50. The molecule has 28 heavy (non-hydrogen) atoms. The number of amides is 2. The van der Waals surface area contributed by atoms with Gasteiger partial charge in [-0.1, -0.05) is 43.1 Å². The van der Waals surface area contributed by atoms with E-state index in [4.69, 9.17) is 27.9 Å². The zero-order valence-corrected chi connectivity index (χ0v) is 18.3. The van der Waals surface area contributed by atoms with Gasteiger partial charge in [0.2, 0.25) is 5.91 Å². The lowest BCUT2D eigenvalue weighted by Gasteiger charge is -2.24. The summed E-state index contributed by atoms with van der Waals surface area (Å²) in [5.41, 5.74) is 0.931. The van der Waals surface area contributed by atoms with E-state index < -0.39 is 0 Å². The second kappa shape index (κ2) is 10.9. The normalized spacial score (nSPS) is 15.4. The Morgan fingerprint density at radius 2 is 1.89 bits per heavy atom. The number of ether oxygens (including phenoxy) is 1. The van der Waals surface area contributed by atoms with E-state index in [1.165, 1.54) is 0 Å². The molecule has 0 unspecified atom stereocenters. The molecular weight excluding hydrogens is 401 g/mol. The van der Waals surface area contributed by atoms with Crippen molar-refractivity contribution >= 4 is 35.2 Å². The molecule has 8 heteroatoms. The quantitative estimate of drug-likeness (QED) is 0.690. The molecule has 1 aromatic carbocycles. The number of hydrogen-bond acceptors (Lipinski definition) is 4. The van der Waals surface area contributed by atoms with Gasteiger partial charge in [-0.2, -0.15) is 0 Å². The second-order valence-electron chi connectivity index (χ2n) is 7.59. The van der Waals surface area contributed by atoms with Crippen LogP contribution in [0.2, 0.25) is 10.0 Å². The summed E-state index contributed by atoms with van der Waals surface area (Å²) in [6, 6.07) is 5.38. The van der Waals surface area contributed by atoms with Gasteiger partial charge in [-0.3, -0.25) is 9.69 Å². The summed E-state index contributed by atoms with van der Waals surface area (Å²) in [4.78, 5) is 30.2. The highest BCUT2D eigenvalue weighted by molar-refractivity contribution is 6.42. The number of rotatable bonds is 6. The van der Waals surface area contributed by atoms with Gasteiger partial charge in [0, 0.05) is 39.8 Å². The molecule has 0 atom stereocenters. The molecule has 2 rings (SSSR count). The summed E-state index contributed by atoms with van der Waals surface area (Å²) in [6.07, 6.45) is 0.555. The molecule has 0 saturated carbocycles. The van der Waals surface area contributed by atoms with Gasteiger partial charge >= 0.3 is 6.09 Å². The van der Waals surface area contributed by atoms with Gasteiger partial charge in [0.05, 0.1) is 23.2 Å². The average Bonchev–Trinajstić information content (AvgIpc) is 2.88. The van der Waals surface area contributed by atoms with Crippen LogP contribution in [-0.4, -0.2) is 73.1 Å². The fourth-order valence-electron chi connectivity index (χ4n) is 2.95. The second-order valence-corrected chi connectivity index (χ2v) is 8.40. The summed E-state index contributed by atoms with van der Waals surface area (Å²) in [6.45, 7) is 7.90. The highest BCUT2D eigenvalue weighted by atomic mass is 35.5. The molecule has 0 N–H and O–H groups in total. The van der Waals surface area contributed by atoms with Crippen LogP contribution in [0, 0.1) is 5.92 Å². The molecule has 1 aliphatic heterocycles. The zero-order valence-electron chi connectivity index (χ0n) is 16.8. The van der Waals surface area contributed by atoms with Crippen molar-refractivity contribution < 1.29 is 14.3 Å². The first kappa shape index (κ1) is 22.8. The van der Waals surface area contributed by atoms with E-state index in [0.717, 1.165) is 18.5 Å². The van der Waals surface area contributed by atoms with Crippen molar-refractivity contribution in [2.75, 3.05) is 46.4 Å². The summed E-state index contributed by atoms with van der Waals surface area (Å²) >= 11 is 12.0. The third-order valence-corrected chi connectivity index (χ3v) is 5.31. The minimum atomic E-state index is -0.265. The van der Waals surface area contributed by atoms with Gasteiger partial charge in [0.25, 0.3) is 0 Å². The number of carbonyl (C=O) groups excluding carboxylic acids is 2. The van der Waals surface area contributed by atoms with E-state index in [9.17, 15) is 9.59 Å². The number of benzene rings is 1. The SMILES string of the molecule is CC(C)COC(=O)N1CCCN(CC(=O)N(C)Cc2ccc(Cl)c(Cl)c2)CC1. The highest BCUT2D eigenvalue weighted by Crippen LogP contribution is 2.23. The molecule has 0 bridgehead atoms. The van der Waals surface area contributed by atoms with Crippen molar-refractivity contribution in [3.63, 3.8) is 0 Å². The Bertz CT molecular complexity index is 685. The maximum absolute atomic E-state index is 12.6. The molecule has 2 amide bonds. The lowest BCUT2D eigenvalue weighted by molar-refractivity contribution is -0.131. The van der Waals surface area contributed by atoms with Gasteiger partial charge in [-0.15, -0.1) is 0 Å². The molecule has 1 saturated heterocycles. The predicted octanol–water partition coefficient (Wildman–Crippen LogP) is 3.75. The van der Waals surface area contributed by atoms with Gasteiger partial charge in [0.15, 0.2) is 0 Å². The largest absolute Gasteiger partial charge is 0.449 e. The Balaban J connectivity index is 1.81. The van der Waals surface area contributed by atoms with Crippen LogP contribution < -0.4 is 0 Å². The number of halogens is 2. The molecule has 0 spiro atoms. The lowest BCUT2D eigenvalue weighted by Crippen LogP contribution is -2.40. The third kappa shape index (κ3) is 7.15. The first-order valence-corrected chi connectivity index (χ1v) is 10.3. The van der Waals surface area contributed by atoms with Crippen LogP contribution in [0.25, 0.3) is 0 Å². The average molecular weight is 430 g/mol. The smallest absolute Gasteiger partial charge is 0.409 e. The van der Waals surface area contributed by atoms with Crippen molar-refractivity contribution in [3.8, 4) is 0 Å². The molecule has 1 heterocycles. The predicted molar refractivity (Wildman–Crippen MR) is 112 cm³/mol. The Morgan fingerprint density at radius 1 is 1.14 bits per heavy atom. The Morgan fingerprint density at radius 3 is 2.57 bits per heavy atom. The maximum atomic E-state index is 12.6. The van der Waals surface area contributed by atoms with E-state index in [2.05, 4.69) is 4.90 Å². The van der Waals surface area contributed by atoms with Gasteiger partial charge in [-0.05, 0) is 30.0 Å². The molecule has 156 valence electrons. The fourth-order valence-corrected chi connectivity index (χ4v) is 3.27. The Kier molecular flexibility index (Phi) is 8.86. The van der Waals surface area contributed by atoms with E-state index >= 15 is 0 Å². The zero-order chi connectivity index (χ0) is 20.7. The van der Waals surface area contributed by atoms with E-state index in [1.54, 1.807) is 29.0 Å². The van der Waals surface area contributed by atoms with E-state index in [1.807, 2.05) is 19.9 Å². The van der Waals surface area contributed by atoms with Crippen LogP contribution in [-0.2, 0) is 16.1 Å². The van der Waals surface area contributed by atoms with Crippen LogP contribution in [0.15, 0.2) is 18.2 Å². The standard InChI is InChI=1S/C20H29Cl2N3O3/c1-15(2)14-28-20(27)25-8-4-7-24(9-10-25)13-19(26)23(3)12-16-5-6-17(21)18(22)11-16/h5-6,11,15H,4,7-10,12-14H2,1-3H3. The van der Waals surface area contributed by atoms with E-state index in [-0.39, 0.29) is 12.0 Å². The highest BCUT2D eigenvalue weighted by Gasteiger charge is 2.22. The number of nitrogens with zero attached hydrogens (tertiary/aromatic N) is 3. The monoisotopic (exact) mass is 429 g/mol. The number of carbonyl (C=O) groups is 2. The summed E-state index contributed by atoms with van der Waals surface area (Å²) in [7, 11) is 1.78. The molecular formula is C20H29Cl2N3O3. The molecule has 0 radical (unpaired) electrons. The van der Waals surface area contributed by atoms with Crippen molar-refractivity contribution in [2.24, 2.45) is 5.92 Å². The molecule has 6 nitrogen and oxygen atoms in total. The first-order chi connectivity index (χ1) is 13.3. The van der Waals surface area contributed by atoms with Crippen LogP contribution in [0.3, 0.4) is 0 Å². The maximum Gasteiger partial charge on any atom is 0.409 e. The summed E-state index contributed by atoms with van der Waals surface area (Å²) in [5, 5.41) is 0.984. The molecule has 0 aliphatic carbocycles. The van der Waals surface area contributed by atoms with E-state index in [0.29, 0.717) is 55.3 Å².